The highest BCUT2D eigenvalue weighted by atomic mass is 15.2. The van der Waals surface area contributed by atoms with Crippen LogP contribution in [0.5, 0.6) is 0 Å². The van der Waals surface area contributed by atoms with Gasteiger partial charge in [-0.15, -0.1) is 0 Å². The highest BCUT2D eigenvalue weighted by Gasteiger charge is 2.38. The highest BCUT2D eigenvalue weighted by molar-refractivity contribution is 4.93. The molecule has 118 valence electrons. The first-order chi connectivity index (χ1) is 9.37. The van der Waals surface area contributed by atoms with Crippen LogP contribution in [0.15, 0.2) is 0 Å². The molecule has 0 atom stereocenters. The van der Waals surface area contributed by atoms with E-state index >= 15 is 0 Å². The molecule has 0 heterocycles. The predicted molar refractivity (Wildman–Crippen MR) is 88.1 cm³/mol. The van der Waals surface area contributed by atoms with E-state index in [-0.39, 0.29) is 5.54 Å². The third-order valence-corrected chi connectivity index (χ3v) is 5.29. The van der Waals surface area contributed by atoms with Crippen LogP contribution in [0.3, 0.4) is 0 Å². The van der Waals surface area contributed by atoms with E-state index in [0.29, 0.717) is 5.41 Å². The molecular weight excluding hydrogens is 244 g/mol. The van der Waals surface area contributed by atoms with Crippen LogP contribution < -0.4 is 5.32 Å². The summed E-state index contributed by atoms with van der Waals surface area (Å²) in [4.78, 5) is 2.84. The van der Waals surface area contributed by atoms with Crippen molar-refractivity contribution in [1.82, 2.24) is 10.2 Å². The zero-order chi connectivity index (χ0) is 14.8. The minimum atomic E-state index is 0.233. The van der Waals surface area contributed by atoms with Gasteiger partial charge >= 0.3 is 0 Å². The zero-order valence-electron chi connectivity index (χ0n) is 14.5. The van der Waals surface area contributed by atoms with Crippen LogP contribution in [-0.4, -0.2) is 36.1 Å². The van der Waals surface area contributed by atoms with Gasteiger partial charge < -0.3 is 5.32 Å². The van der Waals surface area contributed by atoms with Gasteiger partial charge in [0.2, 0.25) is 0 Å². The van der Waals surface area contributed by atoms with Crippen molar-refractivity contribution in [3.8, 4) is 0 Å². The van der Waals surface area contributed by atoms with Crippen molar-refractivity contribution in [3.63, 3.8) is 0 Å². The number of hydrogen-bond donors (Lipinski definition) is 1. The third kappa shape index (κ3) is 5.04. The van der Waals surface area contributed by atoms with Crippen molar-refractivity contribution in [3.05, 3.63) is 0 Å². The van der Waals surface area contributed by atoms with E-state index < -0.39 is 0 Å². The average Bonchev–Trinajstić information content (AvgIpc) is 3.25. The molecule has 0 aromatic carbocycles. The Morgan fingerprint density at radius 1 is 1.00 bits per heavy atom. The van der Waals surface area contributed by atoms with Gasteiger partial charge in [0.15, 0.2) is 0 Å². The maximum Gasteiger partial charge on any atom is 0.00967 e. The lowest BCUT2D eigenvalue weighted by molar-refractivity contribution is 0.116. The number of rotatable bonds is 9. The Labute approximate surface area is 126 Å². The summed E-state index contributed by atoms with van der Waals surface area (Å²) in [5.41, 5.74) is 0.696. The molecule has 0 bridgehead atoms. The Morgan fingerprint density at radius 2 is 1.60 bits per heavy atom. The Hall–Kier alpha value is -0.0800. The maximum atomic E-state index is 3.77. The van der Waals surface area contributed by atoms with E-state index in [1.807, 2.05) is 0 Å². The van der Waals surface area contributed by atoms with Gasteiger partial charge in [0, 0.05) is 31.2 Å². The zero-order valence-corrected chi connectivity index (χ0v) is 14.5. The second-order valence-corrected chi connectivity index (χ2v) is 8.41. The second-order valence-electron chi connectivity index (χ2n) is 8.41. The van der Waals surface area contributed by atoms with Gasteiger partial charge in [0.1, 0.15) is 0 Å². The fraction of sp³-hybridized carbons (Fsp3) is 1.00. The van der Waals surface area contributed by atoms with E-state index in [2.05, 4.69) is 44.8 Å². The van der Waals surface area contributed by atoms with Crippen LogP contribution in [0.2, 0.25) is 0 Å². The largest absolute Gasteiger partial charge is 0.311 e. The summed E-state index contributed by atoms with van der Waals surface area (Å²) in [7, 11) is 0. The molecular formula is C18H36N2. The van der Waals surface area contributed by atoms with E-state index in [1.54, 1.807) is 0 Å². The summed E-state index contributed by atoms with van der Waals surface area (Å²) < 4.78 is 0. The van der Waals surface area contributed by atoms with Crippen LogP contribution in [0.4, 0.5) is 0 Å². The van der Waals surface area contributed by atoms with E-state index in [4.69, 9.17) is 0 Å². The van der Waals surface area contributed by atoms with Crippen LogP contribution in [-0.2, 0) is 0 Å². The predicted octanol–water partition coefficient (Wildman–Crippen LogP) is 4.06. The molecule has 2 rings (SSSR count). The van der Waals surface area contributed by atoms with Gasteiger partial charge in [0.05, 0.1) is 0 Å². The van der Waals surface area contributed by atoms with Crippen molar-refractivity contribution in [1.29, 1.82) is 0 Å². The van der Waals surface area contributed by atoms with Crippen molar-refractivity contribution < 1.29 is 0 Å². The summed E-state index contributed by atoms with van der Waals surface area (Å²) in [5, 5.41) is 3.77. The van der Waals surface area contributed by atoms with Gasteiger partial charge in [-0.2, -0.15) is 0 Å². The monoisotopic (exact) mass is 280 g/mol. The lowest BCUT2D eigenvalue weighted by atomic mass is 9.80. The molecule has 2 heteroatoms. The molecule has 0 radical (unpaired) electrons. The normalized spacial score (nSPS) is 20.7. The van der Waals surface area contributed by atoms with Crippen LogP contribution >= 0.6 is 0 Å². The topological polar surface area (TPSA) is 15.3 Å². The van der Waals surface area contributed by atoms with Gasteiger partial charge in [-0.05, 0) is 70.6 Å². The first kappa shape index (κ1) is 16.3. The highest BCUT2D eigenvalue weighted by Crippen LogP contribution is 2.38. The minimum Gasteiger partial charge on any atom is -0.311 e. The maximum absolute atomic E-state index is 3.77. The Bertz CT molecular complexity index is 293. The van der Waals surface area contributed by atoms with Gasteiger partial charge in [-0.25, -0.2) is 0 Å². The molecule has 0 aliphatic heterocycles. The first-order valence-electron chi connectivity index (χ1n) is 8.86. The quantitative estimate of drug-likeness (QED) is 0.685. The second kappa shape index (κ2) is 6.36. The molecule has 0 amide bonds. The molecule has 0 aromatic rings. The Morgan fingerprint density at radius 3 is 2.00 bits per heavy atom. The molecule has 1 N–H and O–H groups in total. The van der Waals surface area contributed by atoms with Crippen molar-refractivity contribution >= 4 is 0 Å². The molecule has 2 aliphatic rings. The number of hydrogen-bond acceptors (Lipinski definition) is 2. The first-order valence-corrected chi connectivity index (χ1v) is 8.86. The van der Waals surface area contributed by atoms with Gasteiger partial charge in [-0.3, -0.25) is 4.90 Å². The summed E-state index contributed by atoms with van der Waals surface area (Å²) in [6, 6.07) is 0.919. The van der Waals surface area contributed by atoms with E-state index in [0.717, 1.165) is 18.5 Å². The molecule has 2 aliphatic carbocycles. The Balaban J connectivity index is 1.93. The minimum absolute atomic E-state index is 0.233. The summed E-state index contributed by atoms with van der Waals surface area (Å²) in [6.45, 7) is 15.5. The lowest BCUT2D eigenvalue weighted by Crippen LogP contribution is -2.49. The molecule has 0 spiro atoms. The average molecular weight is 280 g/mol. The number of nitrogens with one attached hydrogen (secondary N) is 1. The van der Waals surface area contributed by atoms with E-state index in [9.17, 15) is 0 Å². The smallest absolute Gasteiger partial charge is 0.00967 e. The lowest BCUT2D eigenvalue weighted by Gasteiger charge is -2.40. The van der Waals surface area contributed by atoms with E-state index in [1.165, 1.54) is 51.6 Å². The SMILES string of the molecule is CCC(CC)(CNC(C)(C)C)CN(CC1CC1)C1CC1. The third-order valence-electron chi connectivity index (χ3n) is 5.29. The Kier molecular flexibility index (Phi) is 5.18. The van der Waals surface area contributed by atoms with Gasteiger partial charge in [0.25, 0.3) is 0 Å². The van der Waals surface area contributed by atoms with Crippen molar-refractivity contribution in [2.75, 3.05) is 19.6 Å². The molecule has 0 saturated heterocycles. The summed E-state index contributed by atoms with van der Waals surface area (Å²) in [6.07, 6.45) is 8.44. The number of nitrogens with zero attached hydrogens (tertiary/aromatic N) is 1. The van der Waals surface area contributed by atoms with Crippen LogP contribution in [0, 0.1) is 11.3 Å². The van der Waals surface area contributed by atoms with Crippen molar-refractivity contribution in [2.24, 2.45) is 11.3 Å². The molecule has 0 aromatic heterocycles. The molecule has 20 heavy (non-hydrogen) atoms. The molecule has 2 saturated carbocycles. The fourth-order valence-corrected chi connectivity index (χ4v) is 3.08. The van der Waals surface area contributed by atoms with Crippen molar-refractivity contribution in [2.45, 2.75) is 84.7 Å². The summed E-state index contributed by atoms with van der Waals surface area (Å²) >= 11 is 0. The van der Waals surface area contributed by atoms with Crippen LogP contribution in [0.25, 0.3) is 0 Å². The standard InChI is InChI=1S/C18H36N2/c1-6-18(7-2,13-19-17(3,4)5)14-20(16-10-11-16)12-15-8-9-15/h15-16,19H,6-14H2,1-5H3. The molecule has 2 nitrogen and oxygen atoms in total. The van der Waals surface area contributed by atoms with Crippen LogP contribution in [0.1, 0.15) is 73.1 Å². The molecule has 2 fully saturated rings. The van der Waals surface area contributed by atoms with Gasteiger partial charge in [-0.1, -0.05) is 13.8 Å². The summed E-state index contributed by atoms with van der Waals surface area (Å²) in [5.74, 6) is 1.03. The molecule has 0 unspecified atom stereocenters. The fourth-order valence-electron chi connectivity index (χ4n) is 3.08.